The summed E-state index contributed by atoms with van der Waals surface area (Å²) < 4.78 is 27.9. The van der Waals surface area contributed by atoms with E-state index in [1.165, 1.54) is 17.0 Å². The van der Waals surface area contributed by atoms with Crippen molar-refractivity contribution in [2.75, 3.05) is 19.3 Å². The van der Waals surface area contributed by atoms with Gasteiger partial charge in [0.1, 0.15) is 11.2 Å². The van der Waals surface area contributed by atoms with Crippen molar-refractivity contribution >= 4 is 21.5 Å². The Hall–Kier alpha value is -2.82. The monoisotopic (exact) mass is 403 g/mol. The Kier molecular flexibility index (Phi) is 4.61. The average molecular weight is 403 g/mol. The van der Waals surface area contributed by atoms with Gasteiger partial charge in [-0.05, 0) is 19.8 Å². The lowest BCUT2D eigenvalue weighted by Crippen LogP contribution is -2.40. The largest absolute Gasteiger partial charge is 0.338 e. The summed E-state index contributed by atoms with van der Waals surface area (Å²) in [6.45, 7) is 3.66. The van der Waals surface area contributed by atoms with Gasteiger partial charge in [-0.15, -0.1) is 0 Å². The maximum atomic E-state index is 12.9. The molecule has 4 rings (SSSR count). The number of fused-ring (bicyclic) bond motifs is 1. The molecular formula is C17H21N7O3S. The number of hydrogen-bond donors (Lipinski definition) is 0. The second-order valence-corrected chi connectivity index (χ2v) is 8.91. The van der Waals surface area contributed by atoms with Gasteiger partial charge in [0.25, 0.3) is 11.7 Å². The summed E-state index contributed by atoms with van der Waals surface area (Å²) >= 11 is 0. The Morgan fingerprint density at radius 3 is 2.79 bits per heavy atom. The molecule has 1 saturated heterocycles. The SMILES string of the molecule is CCn1cc(C(=O)N2CCCC(c3c(S(C)(=O)=O)cnc4ncnn34)C2)cn1. The van der Waals surface area contributed by atoms with Crippen LogP contribution in [-0.4, -0.2) is 67.9 Å². The summed E-state index contributed by atoms with van der Waals surface area (Å²) in [6, 6.07) is 0. The predicted octanol–water partition coefficient (Wildman–Crippen LogP) is 0.764. The number of piperidine rings is 1. The van der Waals surface area contributed by atoms with Crippen LogP contribution in [0.3, 0.4) is 0 Å². The molecule has 1 amide bonds. The molecule has 0 bridgehead atoms. The molecule has 0 aliphatic carbocycles. The summed E-state index contributed by atoms with van der Waals surface area (Å²) in [6.07, 6.45) is 8.65. The van der Waals surface area contributed by atoms with E-state index in [1.807, 2.05) is 6.92 Å². The van der Waals surface area contributed by atoms with Crippen molar-refractivity contribution < 1.29 is 13.2 Å². The number of aromatic nitrogens is 6. The first-order chi connectivity index (χ1) is 13.4. The number of carbonyl (C=O) groups is 1. The van der Waals surface area contributed by atoms with Crippen molar-refractivity contribution in [3.8, 4) is 0 Å². The van der Waals surface area contributed by atoms with Gasteiger partial charge in [0.05, 0.1) is 23.7 Å². The van der Waals surface area contributed by atoms with Crippen LogP contribution >= 0.6 is 0 Å². The molecule has 0 spiro atoms. The number of aryl methyl sites for hydroxylation is 1. The van der Waals surface area contributed by atoms with Crippen molar-refractivity contribution in [3.63, 3.8) is 0 Å². The van der Waals surface area contributed by atoms with Gasteiger partial charge >= 0.3 is 0 Å². The van der Waals surface area contributed by atoms with E-state index in [-0.39, 0.29) is 16.7 Å². The molecule has 0 N–H and O–H groups in total. The highest BCUT2D eigenvalue weighted by Crippen LogP contribution is 2.31. The zero-order valence-electron chi connectivity index (χ0n) is 15.7. The Morgan fingerprint density at radius 1 is 1.25 bits per heavy atom. The van der Waals surface area contributed by atoms with Crippen LogP contribution in [0.25, 0.3) is 5.78 Å². The second-order valence-electron chi connectivity index (χ2n) is 6.93. The third-order valence-electron chi connectivity index (χ3n) is 5.01. The first-order valence-corrected chi connectivity index (χ1v) is 11.0. The molecule has 11 heteroatoms. The zero-order valence-corrected chi connectivity index (χ0v) is 16.5. The zero-order chi connectivity index (χ0) is 19.9. The summed E-state index contributed by atoms with van der Waals surface area (Å²) in [5.74, 6) is 0.0557. The molecule has 1 fully saturated rings. The minimum absolute atomic E-state index is 0.103. The molecule has 0 aromatic carbocycles. The molecular weight excluding hydrogens is 382 g/mol. The van der Waals surface area contributed by atoms with Crippen LogP contribution in [0.2, 0.25) is 0 Å². The van der Waals surface area contributed by atoms with Crippen LogP contribution in [0.4, 0.5) is 0 Å². The van der Waals surface area contributed by atoms with Gasteiger partial charge in [-0.1, -0.05) is 0 Å². The number of likely N-dealkylation sites (tertiary alicyclic amines) is 1. The minimum atomic E-state index is -3.51. The lowest BCUT2D eigenvalue weighted by Gasteiger charge is -2.33. The Labute approximate surface area is 162 Å². The van der Waals surface area contributed by atoms with Crippen LogP contribution in [0, 0.1) is 0 Å². The van der Waals surface area contributed by atoms with Crippen LogP contribution < -0.4 is 0 Å². The number of hydrogen-bond acceptors (Lipinski definition) is 7. The van der Waals surface area contributed by atoms with Gasteiger partial charge in [0, 0.05) is 38.0 Å². The van der Waals surface area contributed by atoms with Crippen LogP contribution in [0.15, 0.2) is 29.8 Å². The molecule has 0 radical (unpaired) electrons. The Morgan fingerprint density at radius 2 is 2.07 bits per heavy atom. The minimum Gasteiger partial charge on any atom is -0.338 e. The maximum Gasteiger partial charge on any atom is 0.257 e. The number of amides is 1. The first-order valence-electron chi connectivity index (χ1n) is 9.09. The second kappa shape index (κ2) is 6.97. The standard InChI is InChI=1S/C17H21N7O3S/c1-3-23-10-13(7-20-23)16(25)22-6-4-5-12(9-22)15-14(28(2,26)27)8-18-17-19-11-21-24(15)17/h7-8,10-12H,3-6,9H2,1-2H3. The normalized spacial score (nSPS) is 17.9. The molecule has 1 aliphatic rings. The first kappa shape index (κ1) is 18.5. The fraction of sp³-hybridized carbons (Fsp3) is 0.471. The topological polar surface area (TPSA) is 115 Å². The molecule has 10 nitrogen and oxygen atoms in total. The molecule has 0 saturated carbocycles. The van der Waals surface area contributed by atoms with Crippen LogP contribution in [0.1, 0.15) is 41.7 Å². The Bertz CT molecular complexity index is 1130. The van der Waals surface area contributed by atoms with E-state index in [0.29, 0.717) is 36.7 Å². The number of carbonyl (C=O) groups excluding carboxylic acids is 1. The third kappa shape index (κ3) is 3.26. The van der Waals surface area contributed by atoms with Gasteiger partial charge in [0.15, 0.2) is 9.84 Å². The van der Waals surface area contributed by atoms with E-state index in [4.69, 9.17) is 0 Å². The lowest BCUT2D eigenvalue weighted by atomic mass is 9.94. The van der Waals surface area contributed by atoms with Gasteiger partial charge in [0.2, 0.25) is 0 Å². The number of rotatable bonds is 4. The third-order valence-corrected chi connectivity index (χ3v) is 6.12. The number of sulfone groups is 1. The fourth-order valence-electron chi connectivity index (χ4n) is 3.65. The fourth-order valence-corrected chi connectivity index (χ4v) is 4.53. The predicted molar refractivity (Wildman–Crippen MR) is 99.7 cm³/mol. The summed E-state index contributed by atoms with van der Waals surface area (Å²) in [7, 11) is -3.51. The number of nitrogens with zero attached hydrogens (tertiary/aromatic N) is 7. The van der Waals surface area contributed by atoms with Crippen molar-refractivity contribution in [1.82, 2.24) is 34.3 Å². The molecule has 28 heavy (non-hydrogen) atoms. The lowest BCUT2D eigenvalue weighted by molar-refractivity contribution is 0.0704. The van der Waals surface area contributed by atoms with E-state index in [0.717, 1.165) is 19.1 Å². The highest BCUT2D eigenvalue weighted by molar-refractivity contribution is 7.90. The van der Waals surface area contributed by atoms with E-state index < -0.39 is 9.84 Å². The van der Waals surface area contributed by atoms with Crippen molar-refractivity contribution in [1.29, 1.82) is 0 Å². The van der Waals surface area contributed by atoms with E-state index >= 15 is 0 Å². The molecule has 3 aromatic rings. The summed E-state index contributed by atoms with van der Waals surface area (Å²) in [5, 5.41) is 8.34. The van der Waals surface area contributed by atoms with E-state index in [2.05, 4.69) is 20.2 Å². The van der Waals surface area contributed by atoms with Crippen molar-refractivity contribution in [2.24, 2.45) is 0 Å². The molecule has 1 aliphatic heterocycles. The molecule has 4 heterocycles. The van der Waals surface area contributed by atoms with Crippen molar-refractivity contribution in [2.45, 2.75) is 37.1 Å². The molecule has 3 aromatic heterocycles. The summed E-state index contributed by atoms with van der Waals surface area (Å²) in [5.41, 5.74) is 1.07. The van der Waals surface area contributed by atoms with Gasteiger partial charge < -0.3 is 4.90 Å². The van der Waals surface area contributed by atoms with Crippen molar-refractivity contribution in [3.05, 3.63) is 36.2 Å². The quantitative estimate of drug-likeness (QED) is 0.632. The van der Waals surface area contributed by atoms with Gasteiger partial charge in [-0.3, -0.25) is 9.48 Å². The Balaban J connectivity index is 1.70. The average Bonchev–Trinajstić information content (AvgIpc) is 3.35. The van der Waals surface area contributed by atoms with Gasteiger partial charge in [-0.25, -0.2) is 13.4 Å². The molecule has 1 unspecified atom stereocenters. The van der Waals surface area contributed by atoms with Crippen LogP contribution in [-0.2, 0) is 16.4 Å². The van der Waals surface area contributed by atoms with E-state index in [9.17, 15) is 13.2 Å². The smallest absolute Gasteiger partial charge is 0.257 e. The van der Waals surface area contributed by atoms with E-state index in [1.54, 1.807) is 22.0 Å². The highest BCUT2D eigenvalue weighted by atomic mass is 32.2. The van der Waals surface area contributed by atoms with Gasteiger partial charge in [-0.2, -0.15) is 19.7 Å². The molecule has 1 atom stereocenters. The highest BCUT2D eigenvalue weighted by Gasteiger charge is 2.31. The maximum absolute atomic E-state index is 12.9. The van der Waals surface area contributed by atoms with Crippen LogP contribution in [0.5, 0.6) is 0 Å². The summed E-state index contributed by atoms with van der Waals surface area (Å²) in [4.78, 5) is 22.9. The molecule has 148 valence electrons.